The highest BCUT2D eigenvalue weighted by Gasteiger charge is 2.34. The quantitative estimate of drug-likeness (QED) is 0.601. The van der Waals surface area contributed by atoms with Crippen molar-refractivity contribution < 1.29 is 0 Å². The van der Waals surface area contributed by atoms with Gasteiger partial charge in [0, 0.05) is 0 Å². The molecule has 0 aliphatic heterocycles. The lowest BCUT2D eigenvalue weighted by molar-refractivity contribution is 0.745. The van der Waals surface area contributed by atoms with Crippen molar-refractivity contribution in [2.24, 2.45) is 5.92 Å². The maximum Gasteiger partial charge on any atom is -0.0196 e. The summed E-state index contributed by atoms with van der Waals surface area (Å²) >= 11 is 0. The van der Waals surface area contributed by atoms with E-state index < -0.39 is 7.26 Å². The van der Waals surface area contributed by atoms with Crippen LogP contribution in [0.15, 0.2) is 91.0 Å². The zero-order valence-corrected chi connectivity index (χ0v) is 14.8. The first-order chi connectivity index (χ1) is 11.2. The topological polar surface area (TPSA) is 0 Å². The van der Waals surface area contributed by atoms with Crippen LogP contribution in [0.1, 0.15) is 13.8 Å². The van der Waals surface area contributed by atoms with Gasteiger partial charge in [0.15, 0.2) is 0 Å². The molecule has 0 aromatic heterocycles. The second kappa shape index (κ2) is 7.11. The minimum absolute atomic E-state index is 0.643. The smallest absolute Gasteiger partial charge is 0.0196 e. The first kappa shape index (κ1) is 16.0. The third kappa shape index (κ3) is 3.23. The summed E-state index contributed by atoms with van der Waals surface area (Å²) in [6, 6.07) is 33.3. The van der Waals surface area contributed by atoms with Crippen molar-refractivity contribution >= 4 is 23.2 Å². The van der Waals surface area contributed by atoms with Gasteiger partial charge in [-0.25, -0.2) is 0 Å². The summed E-state index contributed by atoms with van der Waals surface area (Å²) in [7, 11) is -1.61. The van der Waals surface area contributed by atoms with E-state index in [1.807, 2.05) is 0 Å². The van der Waals surface area contributed by atoms with Crippen LogP contribution in [-0.4, -0.2) is 6.16 Å². The molecule has 0 spiro atoms. The SMILES string of the molecule is CC(C)C[P](c1ccccc1)(c1ccccc1)c1ccccc1. The molecule has 23 heavy (non-hydrogen) atoms. The van der Waals surface area contributed by atoms with E-state index >= 15 is 0 Å². The number of hydrogen-bond acceptors (Lipinski definition) is 0. The Bertz CT molecular complexity index is 621. The third-order valence-electron chi connectivity index (χ3n) is 4.23. The molecule has 0 aliphatic carbocycles. The molecule has 1 radical (unpaired) electrons. The Balaban J connectivity index is 2.30. The molecular formula is C22H24P. The fourth-order valence-corrected chi connectivity index (χ4v) is 8.02. The second-order valence-corrected chi connectivity index (χ2v) is 9.93. The Morgan fingerprint density at radius 2 is 0.870 bits per heavy atom. The van der Waals surface area contributed by atoms with Crippen molar-refractivity contribution in [3.05, 3.63) is 91.0 Å². The van der Waals surface area contributed by atoms with E-state index in [2.05, 4.69) is 105 Å². The third-order valence-corrected chi connectivity index (χ3v) is 9.05. The Morgan fingerprint density at radius 1 is 0.565 bits per heavy atom. The minimum Gasteiger partial charge on any atom is -0.0624 e. The lowest BCUT2D eigenvalue weighted by Gasteiger charge is -2.39. The van der Waals surface area contributed by atoms with Crippen LogP contribution in [0.25, 0.3) is 0 Å². The van der Waals surface area contributed by atoms with Crippen molar-refractivity contribution in [2.45, 2.75) is 13.8 Å². The Morgan fingerprint density at radius 3 is 1.13 bits per heavy atom. The molecule has 0 amide bonds. The summed E-state index contributed by atoms with van der Waals surface area (Å²) in [6.07, 6.45) is 1.20. The lowest BCUT2D eigenvalue weighted by atomic mass is 10.3. The van der Waals surface area contributed by atoms with Crippen LogP contribution in [0, 0.1) is 5.92 Å². The van der Waals surface area contributed by atoms with Gasteiger partial charge in [0.05, 0.1) is 0 Å². The Hall–Kier alpha value is -1.91. The van der Waals surface area contributed by atoms with Crippen LogP contribution in [-0.2, 0) is 0 Å². The molecule has 0 aliphatic rings. The fourth-order valence-electron chi connectivity index (χ4n) is 3.36. The van der Waals surface area contributed by atoms with Crippen molar-refractivity contribution in [3.8, 4) is 0 Å². The molecule has 0 saturated carbocycles. The van der Waals surface area contributed by atoms with Crippen molar-refractivity contribution in [1.29, 1.82) is 0 Å². The molecular weight excluding hydrogens is 295 g/mol. The predicted molar refractivity (Wildman–Crippen MR) is 105 cm³/mol. The molecule has 0 atom stereocenters. The normalized spacial score (nSPS) is 11.6. The van der Waals surface area contributed by atoms with Crippen molar-refractivity contribution in [1.82, 2.24) is 0 Å². The van der Waals surface area contributed by atoms with Crippen LogP contribution in [0.5, 0.6) is 0 Å². The monoisotopic (exact) mass is 319 g/mol. The molecule has 0 N–H and O–H groups in total. The molecule has 0 bridgehead atoms. The summed E-state index contributed by atoms with van der Waals surface area (Å²) in [5.74, 6) is 0.643. The van der Waals surface area contributed by atoms with Crippen LogP contribution >= 0.6 is 7.26 Å². The van der Waals surface area contributed by atoms with Gasteiger partial charge in [-0.05, 0) is 35.3 Å². The van der Waals surface area contributed by atoms with Gasteiger partial charge in [-0.1, -0.05) is 105 Å². The van der Waals surface area contributed by atoms with Crippen LogP contribution < -0.4 is 15.9 Å². The highest BCUT2D eigenvalue weighted by atomic mass is 31.2. The Kier molecular flexibility index (Phi) is 4.94. The summed E-state index contributed by atoms with van der Waals surface area (Å²) < 4.78 is 0. The largest absolute Gasteiger partial charge is 0.0624 e. The fraction of sp³-hybridized carbons (Fsp3) is 0.182. The second-order valence-electron chi connectivity index (χ2n) is 6.39. The standard InChI is InChI=1S/C22H24P/c1-19(2)18-23(20-12-6-3-7-13-20,21-14-8-4-9-15-21)22-16-10-5-11-17-22/h3-17,19H,18H2,1-2H3. The van der Waals surface area contributed by atoms with Gasteiger partial charge in [0.25, 0.3) is 0 Å². The molecule has 0 unspecified atom stereocenters. The molecule has 0 fully saturated rings. The van der Waals surface area contributed by atoms with Crippen LogP contribution in [0.4, 0.5) is 0 Å². The molecule has 1 heteroatoms. The maximum absolute atomic E-state index is 2.34. The first-order valence-electron chi connectivity index (χ1n) is 8.28. The van der Waals surface area contributed by atoms with Gasteiger partial charge in [-0.2, -0.15) is 0 Å². The average Bonchev–Trinajstić information content (AvgIpc) is 2.62. The van der Waals surface area contributed by atoms with E-state index in [1.165, 1.54) is 22.1 Å². The van der Waals surface area contributed by atoms with Crippen molar-refractivity contribution in [3.63, 3.8) is 0 Å². The van der Waals surface area contributed by atoms with Gasteiger partial charge >= 0.3 is 0 Å². The summed E-state index contributed by atoms with van der Waals surface area (Å²) in [4.78, 5) is 0. The highest BCUT2D eigenvalue weighted by Crippen LogP contribution is 2.56. The zero-order chi connectivity index (χ0) is 16.1. The van der Waals surface area contributed by atoms with E-state index in [0.29, 0.717) is 5.92 Å². The lowest BCUT2D eigenvalue weighted by Crippen LogP contribution is -2.34. The van der Waals surface area contributed by atoms with Gasteiger partial charge < -0.3 is 0 Å². The molecule has 0 heterocycles. The van der Waals surface area contributed by atoms with E-state index in [0.717, 1.165) is 0 Å². The van der Waals surface area contributed by atoms with Crippen molar-refractivity contribution in [2.75, 3.05) is 6.16 Å². The van der Waals surface area contributed by atoms with Gasteiger partial charge in [-0.3, -0.25) is 0 Å². The van der Waals surface area contributed by atoms with E-state index in [-0.39, 0.29) is 0 Å². The van der Waals surface area contributed by atoms with Gasteiger partial charge in [0.1, 0.15) is 0 Å². The molecule has 3 aromatic carbocycles. The minimum atomic E-state index is -1.61. The average molecular weight is 319 g/mol. The summed E-state index contributed by atoms with van der Waals surface area (Å²) in [5, 5.41) is 4.43. The summed E-state index contributed by atoms with van der Waals surface area (Å²) in [6.45, 7) is 4.67. The van der Waals surface area contributed by atoms with E-state index in [4.69, 9.17) is 0 Å². The molecule has 117 valence electrons. The van der Waals surface area contributed by atoms with E-state index in [1.54, 1.807) is 0 Å². The number of hydrogen-bond donors (Lipinski definition) is 0. The molecule has 0 nitrogen and oxygen atoms in total. The number of benzene rings is 3. The van der Waals surface area contributed by atoms with Gasteiger partial charge in [-0.15, -0.1) is 0 Å². The van der Waals surface area contributed by atoms with Crippen LogP contribution in [0.3, 0.4) is 0 Å². The maximum atomic E-state index is 2.34. The summed E-state index contributed by atoms with van der Waals surface area (Å²) in [5.41, 5.74) is 0. The molecule has 3 aromatic rings. The highest BCUT2D eigenvalue weighted by molar-refractivity contribution is 7.95. The van der Waals surface area contributed by atoms with Crippen LogP contribution in [0.2, 0.25) is 0 Å². The number of rotatable bonds is 5. The van der Waals surface area contributed by atoms with Gasteiger partial charge in [0.2, 0.25) is 0 Å². The molecule has 0 saturated heterocycles. The Labute approximate surface area is 140 Å². The first-order valence-corrected chi connectivity index (χ1v) is 10.3. The molecule has 3 rings (SSSR count). The van der Waals surface area contributed by atoms with E-state index in [9.17, 15) is 0 Å². The predicted octanol–water partition coefficient (Wildman–Crippen LogP) is 4.64. The zero-order valence-electron chi connectivity index (χ0n) is 13.9.